The molecule has 0 spiro atoms. The summed E-state index contributed by atoms with van der Waals surface area (Å²) in [5, 5.41) is 0. The first kappa shape index (κ1) is 31.9. The molecule has 0 N–H and O–H groups in total. The average Bonchev–Trinajstić information content (AvgIpc) is 3.03. The first-order valence-electron chi connectivity index (χ1n) is 15.8. The standard InChI is InChI=1S/C38H42FNO5/c1-6-42-34-17-12-26(21-35(34)43-7-2)20-33-31-24-37(45-9-4)36(44-8-3)23-29(31)18-19-40(33)38(41)30-16-15-28(22-32(30)39)27-13-10-25(5)11-14-27/h10-17,21-24,33H,6-9,18-20H2,1-5H3. The molecule has 5 rings (SSSR count). The second-order valence-corrected chi connectivity index (χ2v) is 11.0. The summed E-state index contributed by atoms with van der Waals surface area (Å²) in [5.74, 6) is 1.77. The third-order valence-electron chi connectivity index (χ3n) is 8.04. The van der Waals surface area contributed by atoms with E-state index in [2.05, 4.69) is 0 Å². The van der Waals surface area contributed by atoms with E-state index in [9.17, 15) is 4.79 Å². The lowest BCUT2D eigenvalue weighted by Gasteiger charge is -2.38. The summed E-state index contributed by atoms with van der Waals surface area (Å²) in [4.78, 5) is 16.0. The van der Waals surface area contributed by atoms with Crippen molar-refractivity contribution in [1.29, 1.82) is 0 Å². The molecule has 1 aliphatic heterocycles. The predicted molar refractivity (Wildman–Crippen MR) is 175 cm³/mol. The fourth-order valence-corrected chi connectivity index (χ4v) is 5.92. The van der Waals surface area contributed by atoms with Crippen LogP contribution in [0.3, 0.4) is 0 Å². The highest BCUT2D eigenvalue weighted by atomic mass is 19.1. The Morgan fingerprint density at radius 2 is 1.33 bits per heavy atom. The van der Waals surface area contributed by atoms with Gasteiger partial charge in [-0.2, -0.15) is 0 Å². The molecule has 0 saturated carbocycles. The van der Waals surface area contributed by atoms with Crippen molar-refractivity contribution < 1.29 is 28.1 Å². The first-order chi connectivity index (χ1) is 21.9. The van der Waals surface area contributed by atoms with Crippen molar-refractivity contribution in [3.05, 3.63) is 106 Å². The maximum Gasteiger partial charge on any atom is 0.257 e. The van der Waals surface area contributed by atoms with E-state index in [-0.39, 0.29) is 17.5 Å². The van der Waals surface area contributed by atoms with Gasteiger partial charge in [-0.3, -0.25) is 4.79 Å². The van der Waals surface area contributed by atoms with E-state index in [4.69, 9.17) is 18.9 Å². The fraction of sp³-hybridized carbons (Fsp3) is 0.342. The van der Waals surface area contributed by atoms with Crippen LogP contribution >= 0.6 is 0 Å². The zero-order valence-corrected chi connectivity index (χ0v) is 26.8. The summed E-state index contributed by atoms with van der Waals surface area (Å²) >= 11 is 0. The van der Waals surface area contributed by atoms with Gasteiger partial charge in [0.2, 0.25) is 0 Å². The Hall–Kier alpha value is -4.52. The Bertz CT molecular complexity index is 1630. The van der Waals surface area contributed by atoms with Crippen molar-refractivity contribution in [3.63, 3.8) is 0 Å². The van der Waals surface area contributed by atoms with E-state index < -0.39 is 5.82 Å². The van der Waals surface area contributed by atoms with Gasteiger partial charge in [-0.25, -0.2) is 4.39 Å². The number of ether oxygens (including phenoxy) is 4. The Labute approximate surface area is 265 Å². The molecular weight excluding hydrogens is 569 g/mol. The highest BCUT2D eigenvalue weighted by Gasteiger charge is 2.34. The van der Waals surface area contributed by atoms with E-state index >= 15 is 4.39 Å². The molecular formula is C38H42FNO5. The highest BCUT2D eigenvalue weighted by Crippen LogP contribution is 2.41. The molecule has 0 aliphatic carbocycles. The molecule has 7 heteroatoms. The molecule has 1 amide bonds. The van der Waals surface area contributed by atoms with Crippen LogP contribution in [0.2, 0.25) is 0 Å². The van der Waals surface area contributed by atoms with Gasteiger partial charge >= 0.3 is 0 Å². The van der Waals surface area contributed by atoms with E-state index in [1.807, 2.05) is 95.3 Å². The number of hydrogen-bond acceptors (Lipinski definition) is 5. The summed E-state index contributed by atoms with van der Waals surface area (Å²) in [6.45, 7) is 12.2. The van der Waals surface area contributed by atoms with Gasteiger partial charge in [-0.15, -0.1) is 0 Å². The third kappa shape index (κ3) is 7.08. The van der Waals surface area contributed by atoms with Crippen molar-refractivity contribution in [2.75, 3.05) is 33.0 Å². The van der Waals surface area contributed by atoms with Crippen LogP contribution in [0.4, 0.5) is 4.39 Å². The number of aryl methyl sites for hydroxylation is 1. The summed E-state index contributed by atoms with van der Waals surface area (Å²) in [7, 11) is 0. The lowest BCUT2D eigenvalue weighted by atomic mass is 9.87. The minimum atomic E-state index is -0.538. The molecule has 0 radical (unpaired) electrons. The molecule has 0 fully saturated rings. The molecule has 1 heterocycles. The number of fused-ring (bicyclic) bond motifs is 1. The zero-order valence-electron chi connectivity index (χ0n) is 26.8. The van der Waals surface area contributed by atoms with E-state index in [1.54, 1.807) is 11.0 Å². The van der Waals surface area contributed by atoms with Crippen LogP contribution in [-0.2, 0) is 12.8 Å². The van der Waals surface area contributed by atoms with Crippen LogP contribution in [0.1, 0.15) is 66.3 Å². The first-order valence-corrected chi connectivity index (χ1v) is 15.8. The second-order valence-electron chi connectivity index (χ2n) is 11.0. The molecule has 1 unspecified atom stereocenters. The molecule has 0 bridgehead atoms. The summed E-state index contributed by atoms with van der Waals surface area (Å²) in [6.07, 6.45) is 1.11. The molecule has 0 aromatic heterocycles. The summed E-state index contributed by atoms with van der Waals surface area (Å²) in [5.41, 5.74) is 5.83. The van der Waals surface area contributed by atoms with Crippen LogP contribution in [0.25, 0.3) is 11.1 Å². The Balaban J connectivity index is 1.55. The molecule has 0 saturated heterocycles. The van der Waals surface area contributed by atoms with Crippen molar-refractivity contribution >= 4 is 5.91 Å². The predicted octanol–water partition coefficient (Wildman–Crippen LogP) is 8.38. The molecule has 236 valence electrons. The van der Waals surface area contributed by atoms with Crippen LogP contribution in [0.5, 0.6) is 23.0 Å². The van der Waals surface area contributed by atoms with Gasteiger partial charge in [0.1, 0.15) is 5.82 Å². The summed E-state index contributed by atoms with van der Waals surface area (Å²) < 4.78 is 39.3. The van der Waals surface area contributed by atoms with Gasteiger partial charge < -0.3 is 23.8 Å². The van der Waals surface area contributed by atoms with Gasteiger partial charge in [-0.1, -0.05) is 42.0 Å². The van der Waals surface area contributed by atoms with Crippen LogP contribution in [0.15, 0.2) is 72.8 Å². The van der Waals surface area contributed by atoms with Crippen molar-refractivity contribution in [2.45, 2.75) is 53.5 Å². The number of carbonyl (C=O) groups excluding carboxylic acids is 1. The smallest absolute Gasteiger partial charge is 0.257 e. The number of amides is 1. The van der Waals surface area contributed by atoms with Gasteiger partial charge in [-0.05, 0) is 112 Å². The van der Waals surface area contributed by atoms with E-state index in [0.29, 0.717) is 68.8 Å². The SMILES string of the molecule is CCOc1ccc(CC2c3cc(OCC)c(OCC)cc3CCN2C(=O)c2ccc(-c3ccc(C)cc3)cc2F)cc1OCC. The van der Waals surface area contributed by atoms with Crippen molar-refractivity contribution in [2.24, 2.45) is 0 Å². The van der Waals surface area contributed by atoms with Crippen LogP contribution in [0, 0.1) is 12.7 Å². The molecule has 4 aromatic rings. The zero-order chi connectivity index (χ0) is 31.9. The number of halogens is 1. The maximum absolute atomic E-state index is 15.7. The minimum absolute atomic E-state index is 0.0528. The molecule has 1 aliphatic rings. The van der Waals surface area contributed by atoms with Gasteiger partial charge in [0, 0.05) is 6.54 Å². The second kappa shape index (κ2) is 14.5. The number of benzene rings is 4. The van der Waals surface area contributed by atoms with E-state index in [1.165, 1.54) is 6.07 Å². The van der Waals surface area contributed by atoms with Gasteiger partial charge in [0.05, 0.1) is 38.0 Å². The average molecular weight is 612 g/mol. The lowest BCUT2D eigenvalue weighted by molar-refractivity contribution is 0.0654. The number of nitrogens with zero attached hydrogens (tertiary/aromatic N) is 1. The topological polar surface area (TPSA) is 57.2 Å². The van der Waals surface area contributed by atoms with Gasteiger partial charge in [0.25, 0.3) is 5.91 Å². The largest absolute Gasteiger partial charge is 0.490 e. The lowest BCUT2D eigenvalue weighted by Crippen LogP contribution is -2.41. The minimum Gasteiger partial charge on any atom is -0.490 e. The molecule has 4 aromatic carbocycles. The van der Waals surface area contributed by atoms with Crippen LogP contribution < -0.4 is 18.9 Å². The van der Waals surface area contributed by atoms with Crippen molar-refractivity contribution in [3.8, 4) is 34.1 Å². The molecule has 6 nitrogen and oxygen atoms in total. The van der Waals surface area contributed by atoms with Crippen LogP contribution in [-0.4, -0.2) is 43.8 Å². The Kier molecular flexibility index (Phi) is 10.3. The number of carbonyl (C=O) groups is 1. The summed E-state index contributed by atoms with van der Waals surface area (Å²) in [6, 6.07) is 22.3. The van der Waals surface area contributed by atoms with E-state index in [0.717, 1.165) is 33.4 Å². The number of rotatable bonds is 12. The Morgan fingerprint density at radius 1 is 0.733 bits per heavy atom. The molecule has 1 atom stereocenters. The maximum atomic E-state index is 15.7. The fourth-order valence-electron chi connectivity index (χ4n) is 5.92. The molecule has 45 heavy (non-hydrogen) atoms. The normalized spacial score (nSPS) is 14.1. The highest BCUT2D eigenvalue weighted by molar-refractivity contribution is 5.95. The van der Waals surface area contributed by atoms with Crippen molar-refractivity contribution in [1.82, 2.24) is 4.90 Å². The van der Waals surface area contributed by atoms with Gasteiger partial charge in [0.15, 0.2) is 23.0 Å². The quantitative estimate of drug-likeness (QED) is 0.161. The third-order valence-corrected chi connectivity index (χ3v) is 8.04. The number of hydrogen-bond donors (Lipinski definition) is 0. The Morgan fingerprint density at radius 3 is 1.98 bits per heavy atom. The monoisotopic (exact) mass is 611 g/mol.